The van der Waals surface area contributed by atoms with Gasteiger partial charge in [-0.25, -0.2) is 8.78 Å². The lowest BCUT2D eigenvalue weighted by Gasteiger charge is -2.23. The summed E-state index contributed by atoms with van der Waals surface area (Å²) in [7, 11) is 1.50. The summed E-state index contributed by atoms with van der Waals surface area (Å²) in [6.07, 6.45) is 3.10. The minimum absolute atomic E-state index is 0.00403. The predicted molar refractivity (Wildman–Crippen MR) is 52.6 cm³/mol. The van der Waals surface area contributed by atoms with E-state index in [9.17, 15) is 8.78 Å². The van der Waals surface area contributed by atoms with E-state index in [1.54, 1.807) is 20.8 Å². The normalized spacial score (nSPS) is 16.6. The summed E-state index contributed by atoms with van der Waals surface area (Å²) in [5.74, 6) is -3.40. The summed E-state index contributed by atoms with van der Waals surface area (Å²) < 4.78 is 27.0. The largest absolute Gasteiger partial charge is 0.296 e. The Morgan fingerprint density at radius 1 is 1.54 bits per heavy atom. The van der Waals surface area contributed by atoms with Crippen molar-refractivity contribution in [1.82, 2.24) is 0 Å². The molecule has 0 bridgehead atoms. The molecule has 0 rings (SSSR count). The molecule has 0 fully saturated rings. The Morgan fingerprint density at radius 3 is 2.38 bits per heavy atom. The second-order valence-electron chi connectivity index (χ2n) is 3.06. The highest BCUT2D eigenvalue weighted by atomic mass is 19.3. The van der Waals surface area contributed by atoms with Crippen molar-refractivity contribution in [2.24, 2.45) is 10.9 Å². The summed E-state index contributed by atoms with van der Waals surface area (Å²) >= 11 is 0. The van der Waals surface area contributed by atoms with E-state index in [4.69, 9.17) is 0 Å². The first-order chi connectivity index (χ1) is 6.00. The number of hydrogen-bond acceptors (Lipinski definition) is 1. The molecule has 0 radical (unpaired) electrons. The molecule has 1 unspecified atom stereocenters. The molecule has 0 heterocycles. The Morgan fingerprint density at radius 2 is 2.08 bits per heavy atom. The van der Waals surface area contributed by atoms with Crippen molar-refractivity contribution in [2.45, 2.75) is 33.1 Å². The summed E-state index contributed by atoms with van der Waals surface area (Å²) in [6, 6.07) is 0. The van der Waals surface area contributed by atoms with Gasteiger partial charge in [0, 0.05) is 24.8 Å². The fourth-order valence-electron chi connectivity index (χ4n) is 1.03. The average Bonchev–Trinajstić information content (AvgIpc) is 2.12. The summed E-state index contributed by atoms with van der Waals surface area (Å²) in [4.78, 5) is 3.62. The standard InChI is InChI=1S/C10H17F2N/c1-5-8(3)10(11,12)9(6-2)7-13-4/h6-8H,5H2,1-4H3/b9-6+,13-7-. The van der Waals surface area contributed by atoms with Crippen LogP contribution < -0.4 is 0 Å². The maximum atomic E-state index is 13.5. The summed E-state index contributed by atoms with van der Waals surface area (Å²) in [5.41, 5.74) is 0.00403. The van der Waals surface area contributed by atoms with E-state index in [-0.39, 0.29) is 5.57 Å². The highest BCUT2D eigenvalue weighted by molar-refractivity contribution is 5.80. The van der Waals surface area contributed by atoms with Gasteiger partial charge in [0.1, 0.15) is 0 Å². The molecule has 0 aromatic rings. The molecular weight excluding hydrogens is 172 g/mol. The topological polar surface area (TPSA) is 12.4 Å². The third-order valence-corrected chi connectivity index (χ3v) is 2.20. The molecule has 0 aliphatic carbocycles. The highest BCUT2D eigenvalue weighted by Crippen LogP contribution is 2.33. The predicted octanol–water partition coefficient (Wildman–Crippen LogP) is 3.31. The minimum atomic E-state index is -2.76. The molecule has 3 heteroatoms. The van der Waals surface area contributed by atoms with Crippen LogP contribution >= 0.6 is 0 Å². The third kappa shape index (κ3) is 2.90. The number of nitrogens with zero attached hydrogens (tertiary/aromatic N) is 1. The van der Waals surface area contributed by atoms with E-state index in [1.165, 1.54) is 19.3 Å². The molecule has 76 valence electrons. The lowest BCUT2D eigenvalue weighted by Crippen LogP contribution is -2.28. The van der Waals surface area contributed by atoms with E-state index in [0.29, 0.717) is 6.42 Å². The summed E-state index contributed by atoms with van der Waals surface area (Å²) in [6.45, 7) is 4.91. The van der Waals surface area contributed by atoms with Crippen LogP contribution in [0.5, 0.6) is 0 Å². The van der Waals surface area contributed by atoms with Crippen molar-refractivity contribution in [3.8, 4) is 0 Å². The molecule has 0 amide bonds. The van der Waals surface area contributed by atoms with Crippen molar-refractivity contribution in [1.29, 1.82) is 0 Å². The number of allylic oxidation sites excluding steroid dienone is 2. The van der Waals surface area contributed by atoms with Gasteiger partial charge < -0.3 is 0 Å². The monoisotopic (exact) mass is 189 g/mol. The Kier molecular flexibility index (Phi) is 4.81. The zero-order chi connectivity index (χ0) is 10.5. The molecule has 0 N–H and O–H groups in total. The van der Waals surface area contributed by atoms with E-state index >= 15 is 0 Å². The minimum Gasteiger partial charge on any atom is -0.296 e. The fraction of sp³-hybridized carbons (Fsp3) is 0.700. The molecule has 0 spiro atoms. The van der Waals surface area contributed by atoms with Gasteiger partial charge >= 0.3 is 0 Å². The van der Waals surface area contributed by atoms with Crippen LogP contribution in [0.2, 0.25) is 0 Å². The van der Waals surface area contributed by atoms with Gasteiger partial charge in [-0.05, 0) is 13.3 Å². The first-order valence-electron chi connectivity index (χ1n) is 4.47. The Hall–Kier alpha value is -0.730. The number of hydrogen-bond donors (Lipinski definition) is 0. The quantitative estimate of drug-likeness (QED) is 0.601. The van der Waals surface area contributed by atoms with Crippen LogP contribution in [0.4, 0.5) is 8.78 Å². The molecular formula is C10H17F2N. The van der Waals surface area contributed by atoms with Crippen LogP contribution in [0.1, 0.15) is 27.2 Å². The SMILES string of the molecule is C/C=C(\C=N/C)C(F)(F)C(C)CC. The van der Waals surface area contributed by atoms with Gasteiger partial charge in [-0.2, -0.15) is 0 Å². The molecule has 0 saturated heterocycles. The van der Waals surface area contributed by atoms with Crippen LogP contribution in [0.3, 0.4) is 0 Å². The molecule has 0 aromatic heterocycles. The maximum Gasteiger partial charge on any atom is 0.276 e. The Balaban J connectivity index is 4.78. The fourth-order valence-corrected chi connectivity index (χ4v) is 1.03. The van der Waals surface area contributed by atoms with E-state index in [1.807, 2.05) is 0 Å². The van der Waals surface area contributed by atoms with Crippen LogP contribution in [0.15, 0.2) is 16.6 Å². The molecule has 1 atom stereocenters. The van der Waals surface area contributed by atoms with Crippen LogP contribution in [-0.4, -0.2) is 19.2 Å². The van der Waals surface area contributed by atoms with Gasteiger partial charge in [0.05, 0.1) is 0 Å². The van der Waals surface area contributed by atoms with Crippen LogP contribution in [-0.2, 0) is 0 Å². The van der Waals surface area contributed by atoms with Crippen molar-refractivity contribution < 1.29 is 8.78 Å². The number of halogens is 2. The van der Waals surface area contributed by atoms with Gasteiger partial charge in [-0.15, -0.1) is 0 Å². The third-order valence-electron chi connectivity index (χ3n) is 2.20. The molecule has 0 aliphatic heterocycles. The summed E-state index contributed by atoms with van der Waals surface area (Å²) in [5, 5.41) is 0. The van der Waals surface area contributed by atoms with Gasteiger partial charge in [0.15, 0.2) is 0 Å². The van der Waals surface area contributed by atoms with Gasteiger partial charge in [0.2, 0.25) is 0 Å². The van der Waals surface area contributed by atoms with E-state index in [2.05, 4.69) is 4.99 Å². The van der Waals surface area contributed by atoms with Crippen LogP contribution in [0, 0.1) is 5.92 Å². The first kappa shape index (κ1) is 12.3. The molecule has 1 nitrogen and oxygen atoms in total. The first-order valence-corrected chi connectivity index (χ1v) is 4.47. The zero-order valence-electron chi connectivity index (χ0n) is 8.64. The molecule has 0 aliphatic rings. The van der Waals surface area contributed by atoms with E-state index < -0.39 is 11.8 Å². The van der Waals surface area contributed by atoms with Gasteiger partial charge in [-0.1, -0.05) is 19.9 Å². The zero-order valence-corrected chi connectivity index (χ0v) is 8.64. The Labute approximate surface area is 78.6 Å². The second kappa shape index (κ2) is 5.10. The van der Waals surface area contributed by atoms with Crippen molar-refractivity contribution in [3.05, 3.63) is 11.6 Å². The Bertz CT molecular complexity index is 207. The number of aliphatic imine (C=N–C) groups is 1. The molecule has 0 aromatic carbocycles. The maximum absolute atomic E-state index is 13.5. The lowest BCUT2D eigenvalue weighted by molar-refractivity contribution is -0.00893. The number of rotatable bonds is 4. The molecule has 0 saturated carbocycles. The second-order valence-corrected chi connectivity index (χ2v) is 3.06. The van der Waals surface area contributed by atoms with Gasteiger partial charge in [0.25, 0.3) is 5.92 Å². The smallest absolute Gasteiger partial charge is 0.276 e. The van der Waals surface area contributed by atoms with Crippen molar-refractivity contribution in [3.63, 3.8) is 0 Å². The van der Waals surface area contributed by atoms with Gasteiger partial charge in [-0.3, -0.25) is 4.99 Å². The lowest BCUT2D eigenvalue weighted by atomic mass is 9.94. The van der Waals surface area contributed by atoms with Crippen LogP contribution in [0.25, 0.3) is 0 Å². The highest BCUT2D eigenvalue weighted by Gasteiger charge is 2.37. The van der Waals surface area contributed by atoms with Crippen molar-refractivity contribution >= 4 is 6.21 Å². The van der Waals surface area contributed by atoms with E-state index in [0.717, 1.165) is 0 Å². The number of alkyl halides is 2. The van der Waals surface area contributed by atoms with Crippen molar-refractivity contribution in [2.75, 3.05) is 7.05 Å². The average molecular weight is 189 g/mol. The molecule has 13 heavy (non-hydrogen) atoms.